The van der Waals surface area contributed by atoms with Gasteiger partial charge in [0.25, 0.3) is 11.8 Å². The third-order valence-electron chi connectivity index (χ3n) is 10.3. The summed E-state index contributed by atoms with van der Waals surface area (Å²) in [6.45, 7) is 0. The molecule has 2 amide bonds. The predicted molar refractivity (Wildman–Crippen MR) is 247 cm³/mol. The minimum Gasteiger partial charge on any atom is -0.448 e. The highest BCUT2D eigenvalue weighted by Crippen LogP contribution is 2.47. The summed E-state index contributed by atoms with van der Waals surface area (Å²) in [5.74, 6) is -1.70. The largest absolute Gasteiger partial charge is 0.448 e. The standard InChI is InChI=1S/C46H34ClN7O5S4/c47-40-35(51-45(48)62-40)36(52-59-46(30-20-10-3-11-21-30,31-22-12-4-13-23-31)32-24-14-5-15-25-32)41(55)50-37-42(56)54-38(33(27-60-43(37)54)61-34-26-49-53-63-34)44(57)58-39(28-16-6-1-7-17-28)29-18-8-2-9-19-29/h1-26,37,39,43H,27H2,(H2,48,51)(H,50,55)/t37-,43?/m1/s1. The minimum atomic E-state index is -1.36. The Morgan fingerprint density at radius 3 is 1.87 bits per heavy atom. The van der Waals surface area contributed by atoms with E-state index in [1.54, 1.807) is 6.20 Å². The molecule has 1 fully saturated rings. The maximum atomic E-state index is 14.6. The fourth-order valence-corrected chi connectivity index (χ4v) is 11.4. The van der Waals surface area contributed by atoms with Crippen molar-refractivity contribution in [1.82, 2.24) is 24.8 Å². The molecule has 2 aliphatic heterocycles. The van der Waals surface area contributed by atoms with Crippen LogP contribution in [-0.4, -0.2) is 60.1 Å². The number of thioether (sulfide) groups is 2. The highest BCUT2D eigenvalue weighted by molar-refractivity contribution is 8.07. The number of fused-ring (bicyclic) bond motifs is 1. The second-order valence-corrected chi connectivity index (χ2v) is 19.0. The Morgan fingerprint density at radius 2 is 1.38 bits per heavy atom. The van der Waals surface area contributed by atoms with Crippen molar-refractivity contribution in [1.29, 1.82) is 0 Å². The van der Waals surface area contributed by atoms with Crippen LogP contribution in [0, 0.1) is 0 Å². The predicted octanol–water partition coefficient (Wildman–Crippen LogP) is 8.68. The first-order chi connectivity index (χ1) is 30.8. The average Bonchev–Trinajstić information content (AvgIpc) is 3.97. The van der Waals surface area contributed by atoms with Gasteiger partial charge in [0.15, 0.2) is 16.9 Å². The van der Waals surface area contributed by atoms with E-state index in [2.05, 4.69) is 25.0 Å². The van der Waals surface area contributed by atoms with E-state index in [1.165, 1.54) is 40.0 Å². The van der Waals surface area contributed by atoms with Crippen LogP contribution in [-0.2, 0) is 29.6 Å². The van der Waals surface area contributed by atoms with Gasteiger partial charge in [-0.15, -0.1) is 16.9 Å². The van der Waals surface area contributed by atoms with E-state index in [1.807, 2.05) is 152 Å². The van der Waals surface area contributed by atoms with Gasteiger partial charge in [-0.3, -0.25) is 14.5 Å². The Bertz CT molecular complexity index is 2670. The molecular formula is C46H34ClN7O5S4. The maximum absolute atomic E-state index is 14.6. The number of esters is 1. The van der Waals surface area contributed by atoms with E-state index >= 15 is 0 Å². The van der Waals surface area contributed by atoms with Gasteiger partial charge in [0.2, 0.25) is 5.60 Å². The molecule has 5 aromatic carbocycles. The van der Waals surface area contributed by atoms with Crippen LogP contribution in [0.1, 0.15) is 39.6 Å². The number of anilines is 1. The molecule has 0 spiro atoms. The van der Waals surface area contributed by atoms with Gasteiger partial charge in [0, 0.05) is 27.3 Å². The molecule has 0 radical (unpaired) electrons. The number of hydrogen-bond donors (Lipinski definition) is 2. The van der Waals surface area contributed by atoms with Crippen molar-refractivity contribution in [3.05, 3.63) is 206 Å². The van der Waals surface area contributed by atoms with Crippen LogP contribution in [0.3, 0.4) is 0 Å². The number of nitrogen functional groups attached to an aromatic ring is 1. The van der Waals surface area contributed by atoms with Crippen LogP contribution < -0.4 is 11.1 Å². The number of β-lactam (4-membered cyclic amide) rings is 1. The first-order valence-electron chi connectivity index (χ1n) is 19.4. The molecule has 3 N–H and O–H groups in total. The monoisotopic (exact) mass is 927 g/mol. The van der Waals surface area contributed by atoms with E-state index in [9.17, 15) is 14.4 Å². The molecule has 1 unspecified atom stereocenters. The Hall–Kier alpha value is -6.30. The van der Waals surface area contributed by atoms with Gasteiger partial charge in [0.05, 0.1) is 6.20 Å². The van der Waals surface area contributed by atoms with Crippen molar-refractivity contribution in [2.45, 2.75) is 27.3 Å². The quantitative estimate of drug-likeness (QED) is 0.0353. The molecule has 0 aliphatic carbocycles. The minimum absolute atomic E-state index is 0.0199. The smallest absolute Gasteiger partial charge is 0.356 e. The van der Waals surface area contributed by atoms with Crippen molar-refractivity contribution < 1.29 is 24.0 Å². The molecule has 0 bridgehead atoms. The molecule has 17 heteroatoms. The number of carbonyl (C=O) groups is 3. The van der Waals surface area contributed by atoms with E-state index in [0.717, 1.165) is 43.4 Å². The van der Waals surface area contributed by atoms with Crippen molar-refractivity contribution in [3.63, 3.8) is 0 Å². The summed E-state index contributed by atoms with van der Waals surface area (Å²) >= 11 is 11.5. The Balaban J connectivity index is 1.06. The fourth-order valence-electron chi connectivity index (χ4n) is 7.39. The van der Waals surface area contributed by atoms with Gasteiger partial charge in [-0.1, -0.05) is 196 Å². The molecule has 12 nitrogen and oxygen atoms in total. The molecule has 63 heavy (non-hydrogen) atoms. The third kappa shape index (κ3) is 8.47. The number of ether oxygens (including phenoxy) is 1. The zero-order valence-corrected chi connectivity index (χ0v) is 36.8. The summed E-state index contributed by atoms with van der Waals surface area (Å²) in [6, 6.07) is 46.3. The van der Waals surface area contributed by atoms with Crippen molar-refractivity contribution >= 4 is 86.6 Å². The zero-order chi connectivity index (χ0) is 43.3. The Morgan fingerprint density at radius 1 is 0.841 bits per heavy atom. The summed E-state index contributed by atoms with van der Waals surface area (Å²) < 4.78 is 11.1. The number of oxime groups is 1. The van der Waals surface area contributed by atoms with Gasteiger partial charge in [0.1, 0.15) is 31.4 Å². The highest BCUT2D eigenvalue weighted by Gasteiger charge is 2.55. The summed E-state index contributed by atoms with van der Waals surface area (Å²) in [7, 11) is 0. The molecule has 7 aromatic rings. The molecule has 9 rings (SSSR count). The summed E-state index contributed by atoms with van der Waals surface area (Å²) in [6.07, 6.45) is 0.827. The van der Waals surface area contributed by atoms with Crippen molar-refractivity contribution in [2.75, 3.05) is 11.5 Å². The lowest BCUT2D eigenvalue weighted by atomic mass is 9.80. The van der Waals surface area contributed by atoms with Crippen molar-refractivity contribution in [3.8, 4) is 0 Å². The number of nitrogens with two attached hydrogens (primary N) is 1. The van der Waals surface area contributed by atoms with Crippen LogP contribution in [0.2, 0.25) is 4.34 Å². The molecule has 314 valence electrons. The Kier molecular flexibility index (Phi) is 12.4. The van der Waals surface area contributed by atoms with Gasteiger partial charge in [-0.25, -0.2) is 9.78 Å². The SMILES string of the molecule is Nc1nc(C(=NOC(c2ccccc2)(c2ccccc2)c2ccccc2)C(=O)N[C@@H]2C(=O)N3C(C(=O)OC(c4ccccc4)c4ccccc4)=C(Sc4cnns4)CSC23)c(Cl)s1. The summed E-state index contributed by atoms with van der Waals surface area (Å²) in [5, 5.41) is 10.8. The molecule has 2 aliphatic rings. The number of hydrogen-bond acceptors (Lipinski definition) is 14. The van der Waals surface area contributed by atoms with E-state index in [4.69, 9.17) is 26.9 Å². The van der Waals surface area contributed by atoms with Crippen LogP contribution in [0.25, 0.3) is 0 Å². The first kappa shape index (κ1) is 42.0. The average molecular weight is 929 g/mol. The number of nitrogens with zero attached hydrogens (tertiary/aromatic N) is 5. The maximum Gasteiger partial charge on any atom is 0.356 e. The number of carbonyl (C=O) groups excluding carboxylic acids is 3. The Labute approximate surface area is 383 Å². The molecule has 4 heterocycles. The zero-order valence-electron chi connectivity index (χ0n) is 32.8. The lowest BCUT2D eigenvalue weighted by Gasteiger charge is -2.49. The molecule has 2 aromatic heterocycles. The van der Waals surface area contributed by atoms with Crippen LogP contribution >= 0.6 is 58.0 Å². The van der Waals surface area contributed by atoms with Gasteiger partial charge < -0.3 is 20.6 Å². The molecule has 1 saturated heterocycles. The second-order valence-electron chi connectivity index (χ2n) is 14.1. The van der Waals surface area contributed by atoms with E-state index in [0.29, 0.717) is 10.7 Å². The number of aromatic nitrogens is 3. The normalized spacial score (nSPS) is 16.3. The molecular weight excluding hydrogens is 894 g/mol. The molecule has 2 atom stereocenters. The van der Waals surface area contributed by atoms with Crippen LogP contribution in [0.4, 0.5) is 5.13 Å². The van der Waals surface area contributed by atoms with Crippen LogP contribution in [0.5, 0.6) is 0 Å². The number of amides is 2. The number of rotatable bonds is 14. The van der Waals surface area contributed by atoms with Gasteiger partial charge in [-0.2, -0.15) is 0 Å². The lowest BCUT2D eigenvalue weighted by Crippen LogP contribution is -2.71. The van der Waals surface area contributed by atoms with E-state index in [-0.39, 0.29) is 26.6 Å². The van der Waals surface area contributed by atoms with E-state index < -0.39 is 40.9 Å². The fraction of sp³-hybridized carbons (Fsp3) is 0.109. The molecule has 0 saturated carbocycles. The second kappa shape index (κ2) is 18.6. The number of nitrogens with one attached hydrogen (secondary N) is 1. The van der Waals surface area contributed by atoms with Crippen LogP contribution in [0.15, 0.2) is 178 Å². The number of halogens is 1. The van der Waals surface area contributed by atoms with Crippen molar-refractivity contribution in [2.24, 2.45) is 5.16 Å². The van der Waals surface area contributed by atoms with Gasteiger partial charge >= 0.3 is 5.97 Å². The van der Waals surface area contributed by atoms with Gasteiger partial charge in [-0.05, 0) is 22.7 Å². The summed E-state index contributed by atoms with van der Waals surface area (Å²) in [4.78, 5) is 56.6. The third-order valence-corrected chi connectivity index (χ3v) is 14.6. The highest BCUT2D eigenvalue weighted by atomic mass is 35.5. The lowest BCUT2D eigenvalue weighted by molar-refractivity contribution is -0.154. The first-order valence-corrected chi connectivity index (χ1v) is 23.2. The topological polar surface area (TPSA) is 162 Å². The number of benzene rings is 5. The summed E-state index contributed by atoms with van der Waals surface area (Å²) in [5.41, 5.74) is 8.21. The number of thiazole rings is 1.